The summed E-state index contributed by atoms with van der Waals surface area (Å²) in [6.07, 6.45) is 5.02. The minimum atomic E-state index is -0.259. The Kier molecular flexibility index (Phi) is 5.46. The molecular formula is C17H26N4O2. The molecule has 3 rings (SSSR count). The number of carbonyl (C=O) groups is 1. The van der Waals surface area contributed by atoms with Crippen molar-refractivity contribution in [1.29, 1.82) is 0 Å². The van der Waals surface area contributed by atoms with E-state index in [1.807, 2.05) is 0 Å². The van der Waals surface area contributed by atoms with Gasteiger partial charge in [0.05, 0.1) is 0 Å². The van der Waals surface area contributed by atoms with Crippen LogP contribution in [-0.4, -0.2) is 55.1 Å². The molecule has 0 spiro atoms. The van der Waals surface area contributed by atoms with Crippen molar-refractivity contribution in [2.75, 3.05) is 39.3 Å². The molecule has 1 fully saturated rings. The lowest BCUT2D eigenvalue weighted by Gasteiger charge is -2.27. The monoisotopic (exact) mass is 318 g/mol. The number of aromatic nitrogens is 1. The van der Waals surface area contributed by atoms with Crippen molar-refractivity contribution < 1.29 is 4.79 Å². The van der Waals surface area contributed by atoms with Gasteiger partial charge in [-0.3, -0.25) is 9.59 Å². The second-order valence-corrected chi connectivity index (χ2v) is 6.42. The zero-order valence-corrected chi connectivity index (χ0v) is 13.6. The van der Waals surface area contributed by atoms with Crippen LogP contribution in [0.4, 0.5) is 0 Å². The Morgan fingerprint density at radius 1 is 1.22 bits per heavy atom. The largest absolute Gasteiger partial charge is 0.352 e. The Balaban J connectivity index is 1.51. The Bertz CT molecular complexity index is 605. The van der Waals surface area contributed by atoms with Crippen LogP contribution in [0.1, 0.15) is 40.9 Å². The lowest BCUT2D eigenvalue weighted by atomic mass is 9.95. The molecule has 6 nitrogen and oxygen atoms in total. The minimum Gasteiger partial charge on any atom is -0.352 e. The van der Waals surface area contributed by atoms with Crippen molar-refractivity contribution in [2.24, 2.45) is 0 Å². The normalized spacial score (nSPS) is 18.4. The number of hydrogen-bond acceptors (Lipinski definition) is 4. The molecule has 3 N–H and O–H groups in total. The zero-order valence-electron chi connectivity index (χ0n) is 13.6. The highest BCUT2D eigenvalue weighted by molar-refractivity contribution is 5.94. The van der Waals surface area contributed by atoms with Crippen molar-refractivity contribution in [3.63, 3.8) is 0 Å². The van der Waals surface area contributed by atoms with Gasteiger partial charge in [-0.2, -0.15) is 0 Å². The van der Waals surface area contributed by atoms with Crippen LogP contribution in [-0.2, 0) is 12.8 Å². The van der Waals surface area contributed by atoms with Gasteiger partial charge in [0.1, 0.15) is 5.56 Å². The number of rotatable bonds is 5. The molecule has 6 heteroatoms. The molecule has 1 amide bonds. The zero-order chi connectivity index (χ0) is 16.1. The van der Waals surface area contributed by atoms with E-state index in [-0.39, 0.29) is 17.0 Å². The predicted molar refractivity (Wildman–Crippen MR) is 90.0 cm³/mol. The summed E-state index contributed by atoms with van der Waals surface area (Å²) in [6, 6.07) is 1.79. The van der Waals surface area contributed by atoms with Crippen LogP contribution in [0.25, 0.3) is 0 Å². The van der Waals surface area contributed by atoms with E-state index in [2.05, 4.69) is 20.5 Å². The summed E-state index contributed by atoms with van der Waals surface area (Å²) in [6.45, 7) is 5.81. The van der Waals surface area contributed by atoms with E-state index in [0.717, 1.165) is 76.1 Å². The van der Waals surface area contributed by atoms with E-state index in [9.17, 15) is 9.59 Å². The van der Waals surface area contributed by atoms with Crippen LogP contribution in [0.3, 0.4) is 0 Å². The van der Waals surface area contributed by atoms with Crippen LogP contribution >= 0.6 is 0 Å². The molecule has 2 aliphatic rings. The number of aromatic amines is 1. The summed E-state index contributed by atoms with van der Waals surface area (Å²) >= 11 is 0. The summed E-state index contributed by atoms with van der Waals surface area (Å²) < 4.78 is 0. The topological polar surface area (TPSA) is 77.2 Å². The first kappa shape index (κ1) is 16.2. The third-order valence-electron chi connectivity index (χ3n) is 4.73. The standard InChI is InChI=1S/C17H26N4O2/c22-16(19-6-3-9-21-10-7-18-8-11-21)14-12-13-4-1-2-5-15(13)20-17(14)23/h12,18H,1-11H2,(H,19,22)(H,20,23). The van der Waals surface area contributed by atoms with Crippen LogP contribution in [0.15, 0.2) is 10.9 Å². The second kappa shape index (κ2) is 7.75. The second-order valence-electron chi connectivity index (χ2n) is 6.42. The summed E-state index contributed by atoms with van der Waals surface area (Å²) in [5.41, 5.74) is 2.14. The van der Waals surface area contributed by atoms with Crippen molar-refractivity contribution in [2.45, 2.75) is 32.1 Å². The number of fused-ring (bicyclic) bond motifs is 1. The number of aryl methyl sites for hydroxylation is 2. The molecule has 23 heavy (non-hydrogen) atoms. The fourth-order valence-corrected chi connectivity index (χ4v) is 3.38. The predicted octanol–water partition coefficient (Wildman–Crippen LogP) is 0.279. The van der Waals surface area contributed by atoms with Gasteiger partial charge in [0, 0.05) is 38.4 Å². The van der Waals surface area contributed by atoms with E-state index in [1.165, 1.54) is 0 Å². The maximum atomic E-state index is 12.2. The van der Waals surface area contributed by atoms with Crippen LogP contribution < -0.4 is 16.2 Å². The molecular weight excluding hydrogens is 292 g/mol. The maximum absolute atomic E-state index is 12.2. The van der Waals surface area contributed by atoms with Gasteiger partial charge in [-0.1, -0.05) is 0 Å². The fourth-order valence-electron chi connectivity index (χ4n) is 3.38. The molecule has 2 heterocycles. The number of hydrogen-bond donors (Lipinski definition) is 3. The van der Waals surface area contributed by atoms with Gasteiger partial charge < -0.3 is 20.5 Å². The van der Waals surface area contributed by atoms with Gasteiger partial charge in [0.2, 0.25) is 0 Å². The minimum absolute atomic E-state index is 0.250. The summed E-state index contributed by atoms with van der Waals surface area (Å²) in [7, 11) is 0. The number of pyridine rings is 1. The lowest BCUT2D eigenvalue weighted by Crippen LogP contribution is -2.44. The summed E-state index contributed by atoms with van der Waals surface area (Å²) in [5.74, 6) is -0.250. The maximum Gasteiger partial charge on any atom is 0.261 e. The number of amides is 1. The highest BCUT2D eigenvalue weighted by Gasteiger charge is 2.17. The Morgan fingerprint density at radius 2 is 2.00 bits per heavy atom. The first-order valence-electron chi connectivity index (χ1n) is 8.70. The van der Waals surface area contributed by atoms with Crippen LogP contribution in [0, 0.1) is 0 Å². The average molecular weight is 318 g/mol. The molecule has 0 unspecified atom stereocenters. The molecule has 1 saturated heterocycles. The number of carbonyl (C=O) groups excluding carboxylic acids is 1. The number of nitrogens with zero attached hydrogens (tertiary/aromatic N) is 1. The van der Waals surface area contributed by atoms with Crippen molar-refractivity contribution in [1.82, 2.24) is 20.5 Å². The van der Waals surface area contributed by atoms with E-state index in [4.69, 9.17) is 0 Å². The first-order chi connectivity index (χ1) is 11.2. The molecule has 0 atom stereocenters. The van der Waals surface area contributed by atoms with Crippen LogP contribution in [0.2, 0.25) is 0 Å². The van der Waals surface area contributed by atoms with Gasteiger partial charge >= 0.3 is 0 Å². The molecule has 126 valence electrons. The van der Waals surface area contributed by atoms with Crippen molar-refractivity contribution in [3.05, 3.63) is 33.2 Å². The molecule has 1 aliphatic heterocycles. The third-order valence-corrected chi connectivity index (χ3v) is 4.73. The van der Waals surface area contributed by atoms with Crippen molar-refractivity contribution in [3.8, 4) is 0 Å². The fraction of sp³-hybridized carbons (Fsp3) is 0.647. The quantitative estimate of drug-likeness (QED) is 0.682. The summed E-state index contributed by atoms with van der Waals surface area (Å²) in [4.78, 5) is 29.6. The third kappa shape index (κ3) is 4.20. The van der Waals surface area contributed by atoms with Gasteiger partial charge in [0.25, 0.3) is 11.5 Å². The molecule has 0 bridgehead atoms. The van der Waals surface area contributed by atoms with Gasteiger partial charge in [-0.15, -0.1) is 0 Å². The molecule has 0 saturated carbocycles. The molecule has 0 radical (unpaired) electrons. The lowest BCUT2D eigenvalue weighted by molar-refractivity contribution is 0.0949. The Hall–Kier alpha value is -1.66. The van der Waals surface area contributed by atoms with E-state index < -0.39 is 0 Å². The highest BCUT2D eigenvalue weighted by atomic mass is 16.2. The van der Waals surface area contributed by atoms with Gasteiger partial charge in [-0.25, -0.2) is 0 Å². The van der Waals surface area contributed by atoms with Crippen molar-refractivity contribution >= 4 is 5.91 Å². The molecule has 1 aromatic heterocycles. The highest BCUT2D eigenvalue weighted by Crippen LogP contribution is 2.18. The number of piperazine rings is 1. The van der Waals surface area contributed by atoms with Gasteiger partial charge in [0.15, 0.2) is 0 Å². The van der Waals surface area contributed by atoms with Crippen LogP contribution in [0.5, 0.6) is 0 Å². The summed E-state index contributed by atoms with van der Waals surface area (Å²) in [5, 5.41) is 6.21. The van der Waals surface area contributed by atoms with E-state index >= 15 is 0 Å². The average Bonchev–Trinajstić information content (AvgIpc) is 2.59. The smallest absolute Gasteiger partial charge is 0.261 e. The van der Waals surface area contributed by atoms with E-state index in [1.54, 1.807) is 6.07 Å². The van der Waals surface area contributed by atoms with E-state index in [0.29, 0.717) is 6.54 Å². The number of nitrogens with one attached hydrogen (secondary N) is 3. The Morgan fingerprint density at radius 3 is 2.83 bits per heavy atom. The number of H-pyrrole nitrogens is 1. The molecule has 1 aromatic rings. The Labute approximate surface area is 136 Å². The first-order valence-corrected chi connectivity index (χ1v) is 8.70. The van der Waals surface area contributed by atoms with Gasteiger partial charge in [-0.05, 0) is 50.3 Å². The molecule has 0 aromatic carbocycles. The molecule has 1 aliphatic carbocycles. The SMILES string of the molecule is O=C(NCCCN1CCNCC1)c1cc2c([nH]c1=O)CCCC2.